The van der Waals surface area contributed by atoms with Crippen LogP contribution < -0.4 is 11.1 Å². The van der Waals surface area contributed by atoms with Gasteiger partial charge in [-0.25, -0.2) is 0 Å². The summed E-state index contributed by atoms with van der Waals surface area (Å²) in [5, 5.41) is 2.58. The Kier molecular flexibility index (Phi) is 2.88. The van der Waals surface area contributed by atoms with E-state index in [4.69, 9.17) is 5.73 Å². The molecule has 64 valence electrons. The minimum atomic E-state index is -0.275. The Bertz CT molecular complexity index is 141. The minimum Gasteiger partial charge on any atom is -0.358 e. The molecule has 0 aromatic heterocycles. The van der Waals surface area contributed by atoms with Gasteiger partial charge in [-0.2, -0.15) is 0 Å². The summed E-state index contributed by atoms with van der Waals surface area (Å²) in [5.41, 5.74) is 5.72. The van der Waals surface area contributed by atoms with Crippen molar-refractivity contribution in [3.63, 3.8) is 0 Å². The van der Waals surface area contributed by atoms with E-state index >= 15 is 0 Å². The second kappa shape index (κ2) is 3.72. The maximum Gasteiger partial charge on any atom is 0.236 e. The molecule has 0 spiro atoms. The van der Waals surface area contributed by atoms with Gasteiger partial charge in [0.1, 0.15) is 0 Å². The summed E-state index contributed by atoms with van der Waals surface area (Å²) >= 11 is 0. The molecule has 1 rings (SSSR count). The number of hydrogen-bond acceptors (Lipinski definition) is 2. The van der Waals surface area contributed by atoms with Gasteiger partial charge < -0.3 is 11.1 Å². The average Bonchev–Trinajstić information content (AvgIpc) is 2.53. The fraction of sp³-hybridized carbons (Fsp3) is 0.875. The van der Waals surface area contributed by atoms with E-state index in [2.05, 4.69) is 5.32 Å². The lowest BCUT2D eigenvalue weighted by Crippen LogP contribution is -2.43. The van der Waals surface area contributed by atoms with E-state index in [9.17, 15) is 4.79 Å². The molecule has 3 nitrogen and oxygen atoms in total. The first-order valence-electron chi connectivity index (χ1n) is 4.23. The summed E-state index contributed by atoms with van der Waals surface area (Å²) in [7, 11) is 1.64. The normalized spacial score (nSPS) is 21.6. The number of nitrogens with two attached hydrogens (primary N) is 1. The lowest BCUT2D eigenvalue weighted by atomic mass is 9.98. The zero-order valence-corrected chi connectivity index (χ0v) is 6.97. The van der Waals surface area contributed by atoms with Crippen molar-refractivity contribution in [2.45, 2.75) is 31.7 Å². The molecule has 3 heteroatoms. The zero-order valence-electron chi connectivity index (χ0n) is 6.97. The van der Waals surface area contributed by atoms with Crippen LogP contribution in [0.2, 0.25) is 0 Å². The number of nitrogens with one attached hydrogen (secondary N) is 1. The molecule has 3 N–H and O–H groups in total. The number of likely N-dealkylation sites (N-methyl/N-ethyl adjacent to an activating group) is 1. The molecule has 0 saturated heterocycles. The molecule has 1 fully saturated rings. The highest BCUT2D eigenvalue weighted by Crippen LogP contribution is 2.26. The largest absolute Gasteiger partial charge is 0.358 e. The lowest BCUT2D eigenvalue weighted by molar-refractivity contribution is -0.122. The van der Waals surface area contributed by atoms with Crippen LogP contribution in [0.4, 0.5) is 0 Å². The van der Waals surface area contributed by atoms with Gasteiger partial charge in [0, 0.05) is 7.05 Å². The maximum atomic E-state index is 11.1. The molecule has 1 amide bonds. The quantitative estimate of drug-likeness (QED) is 0.602. The number of hydrogen-bond donors (Lipinski definition) is 2. The summed E-state index contributed by atoms with van der Waals surface area (Å²) in [4.78, 5) is 11.1. The van der Waals surface area contributed by atoms with E-state index < -0.39 is 0 Å². The molecule has 1 saturated carbocycles. The molecule has 1 aliphatic carbocycles. The van der Waals surface area contributed by atoms with Crippen LogP contribution in [0.3, 0.4) is 0 Å². The molecule has 0 radical (unpaired) electrons. The van der Waals surface area contributed by atoms with Gasteiger partial charge in [0.15, 0.2) is 0 Å². The van der Waals surface area contributed by atoms with Crippen molar-refractivity contribution in [2.24, 2.45) is 11.7 Å². The van der Waals surface area contributed by atoms with Crippen molar-refractivity contribution in [3.8, 4) is 0 Å². The first kappa shape index (κ1) is 8.53. The highest BCUT2D eigenvalue weighted by atomic mass is 16.2. The van der Waals surface area contributed by atoms with E-state index in [-0.39, 0.29) is 11.9 Å². The van der Waals surface area contributed by atoms with E-state index in [1.54, 1.807) is 7.05 Å². The van der Waals surface area contributed by atoms with Gasteiger partial charge in [-0.15, -0.1) is 0 Å². The Balaban J connectivity index is 2.39. The van der Waals surface area contributed by atoms with Gasteiger partial charge in [0.05, 0.1) is 6.04 Å². The van der Waals surface area contributed by atoms with Crippen molar-refractivity contribution in [1.82, 2.24) is 5.32 Å². The molecule has 0 aliphatic heterocycles. The smallest absolute Gasteiger partial charge is 0.236 e. The highest BCUT2D eigenvalue weighted by Gasteiger charge is 2.26. The molecule has 0 aromatic rings. The fourth-order valence-electron chi connectivity index (χ4n) is 1.70. The summed E-state index contributed by atoms with van der Waals surface area (Å²) in [6, 6.07) is -0.275. The number of rotatable bonds is 2. The molecule has 1 aliphatic rings. The van der Waals surface area contributed by atoms with Crippen LogP contribution in [0.15, 0.2) is 0 Å². The SMILES string of the molecule is CNC(=O)C(N)C1CCCC1. The standard InChI is InChI=1S/C8H16N2O/c1-10-8(11)7(9)6-4-2-3-5-6/h6-7H,2-5,9H2,1H3,(H,10,11). The molecule has 1 unspecified atom stereocenters. The topological polar surface area (TPSA) is 55.1 Å². The van der Waals surface area contributed by atoms with Gasteiger partial charge in [-0.05, 0) is 18.8 Å². The maximum absolute atomic E-state index is 11.1. The summed E-state index contributed by atoms with van der Waals surface area (Å²) in [5.74, 6) is 0.409. The Morgan fingerprint density at radius 2 is 2.09 bits per heavy atom. The van der Waals surface area contributed by atoms with Gasteiger partial charge in [-0.3, -0.25) is 4.79 Å². The monoisotopic (exact) mass is 156 g/mol. The second-order valence-electron chi connectivity index (χ2n) is 3.18. The van der Waals surface area contributed by atoms with E-state index in [1.165, 1.54) is 12.8 Å². The molecular formula is C8H16N2O. The third-order valence-corrected chi connectivity index (χ3v) is 2.46. The fourth-order valence-corrected chi connectivity index (χ4v) is 1.70. The van der Waals surface area contributed by atoms with Crippen molar-refractivity contribution < 1.29 is 4.79 Å². The van der Waals surface area contributed by atoms with Crippen LogP contribution in [0.5, 0.6) is 0 Å². The van der Waals surface area contributed by atoms with Crippen LogP contribution in [0, 0.1) is 5.92 Å². The van der Waals surface area contributed by atoms with Crippen LogP contribution in [-0.4, -0.2) is 19.0 Å². The van der Waals surface area contributed by atoms with Gasteiger partial charge >= 0.3 is 0 Å². The Labute approximate surface area is 67.3 Å². The number of carbonyl (C=O) groups is 1. The van der Waals surface area contributed by atoms with E-state index in [0.29, 0.717) is 5.92 Å². The van der Waals surface area contributed by atoms with Gasteiger partial charge in [-0.1, -0.05) is 12.8 Å². The molecule has 0 bridgehead atoms. The molecular weight excluding hydrogens is 140 g/mol. The predicted octanol–water partition coefficient (Wildman–Crippen LogP) is 0.250. The summed E-state index contributed by atoms with van der Waals surface area (Å²) in [6.45, 7) is 0. The van der Waals surface area contributed by atoms with Crippen molar-refractivity contribution in [3.05, 3.63) is 0 Å². The Morgan fingerprint density at radius 3 is 2.55 bits per heavy atom. The third-order valence-electron chi connectivity index (χ3n) is 2.46. The number of amides is 1. The predicted molar refractivity (Wildman–Crippen MR) is 44.0 cm³/mol. The minimum absolute atomic E-state index is 0.0168. The molecule has 0 heterocycles. The van der Waals surface area contributed by atoms with Gasteiger partial charge in [0.25, 0.3) is 0 Å². The van der Waals surface area contributed by atoms with Crippen molar-refractivity contribution in [1.29, 1.82) is 0 Å². The highest BCUT2D eigenvalue weighted by molar-refractivity contribution is 5.81. The summed E-state index contributed by atoms with van der Waals surface area (Å²) < 4.78 is 0. The number of carbonyl (C=O) groups excluding carboxylic acids is 1. The van der Waals surface area contributed by atoms with E-state index in [0.717, 1.165) is 12.8 Å². The first-order chi connectivity index (χ1) is 5.25. The third kappa shape index (κ3) is 1.93. The van der Waals surface area contributed by atoms with Crippen LogP contribution in [0.1, 0.15) is 25.7 Å². The van der Waals surface area contributed by atoms with Crippen molar-refractivity contribution >= 4 is 5.91 Å². The van der Waals surface area contributed by atoms with Crippen LogP contribution in [-0.2, 0) is 4.79 Å². The zero-order chi connectivity index (χ0) is 8.27. The molecule has 0 aromatic carbocycles. The van der Waals surface area contributed by atoms with Gasteiger partial charge in [0.2, 0.25) is 5.91 Å². The average molecular weight is 156 g/mol. The Hall–Kier alpha value is -0.570. The van der Waals surface area contributed by atoms with E-state index in [1.807, 2.05) is 0 Å². The van der Waals surface area contributed by atoms with Crippen LogP contribution in [0.25, 0.3) is 0 Å². The molecule has 11 heavy (non-hydrogen) atoms. The van der Waals surface area contributed by atoms with Crippen LogP contribution >= 0.6 is 0 Å². The lowest BCUT2D eigenvalue weighted by Gasteiger charge is -2.16. The van der Waals surface area contributed by atoms with Crippen molar-refractivity contribution in [2.75, 3.05) is 7.05 Å². The first-order valence-corrected chi connectivity index (χ1v) is 4.23. The Morgan fingerprint density at radius 1 is 1.55 bits per heavy atom. The second-order valence-corrected chi connectivity index (χ2v) is 3.18. The molecule has 1 atom stereocenters. The summed E-state index contributed by atoms with van der Waals surface area (Å²) in [6.07, 6.45) is 4.70.